The van der Waals surface area contributed by atoms with Gasteiger partial charge in [-0.1, -0.05) is 6.08 Å². The van der Waals surface area contributed by atoms with E-state index < -0.39 is 10.1 Å². The first-order valence-corrected chi connectivity index (χ1v) is 4.81. The van der Waals surface area contributed by atoms with E-state index in [0.717, 1.165) is 0 Å². The van der Waals surface area contributed by atoms with Crippen molar-refractivity contribution in [3.63, 3.8) is 0 Å². The van der Waals surface area contributed by atoms with Crippen molar-refractivity contribution in [1.29, 1.82) is 0 Å². The molecule has 5 heteroatoms. The van der Waals surface area contributed by atoms with E-state index in [2.05, 4.69) is 6.58 Å². The zero-order valence-corrected chi connectivity index (χ0v) is 7.01. The van der Waals surface area contributed by atoms with Crippen molar-refractivity contribution in [2.24, 2.45) is 0 Å². The van der Waals surface area contributed by atoms with Crippen molar-refractivity contribution in [1.82, 2.24) is 0 Å². The summed E-state index contributed by atoms with van der Waals surface area (Å²) in [4.78, 5) is 0. The van der Waals surface area contributed by atoms with Gasteiger partial charge in [0.2, 0.25) is 0 Å². The van der Waals surface area contributed by atoms with Crippen molar-refractivity contribution in [3.8, 4) is 0 Å². The lowest BCUT2D eigenvalue weighted by molar-refractivity contribution is 0.163. The summed E-state index contributed by atoms with van der Waals surface area (Å²) >= 11 is 0. The Hall–Kier alpha value is -0.390. The minimum absolute atomic E-state index is 0.246. The van der Waals surface area contributed by atoms with Crippen molar-refractivity contribution in [3.05, 3.63) is 12.7 Å². The molecule has 0 saturated carbocycles. The lowest BCUT2D eigenvalue weighted by Gasteiger charge is -1.98. The Morgan fingerprint density at radius 3 is 2.64 bits per heavy atom. The van der Waals surface area contributed by atoms with Gasteiger partial charge < -0.3 is 4.74 Å². The van der Waals surface area contributed by atoms with Gasteiger partial charge in [-0.25, -0.2) is 0 Å². The molecule has 0 bridgehead atoms. The molecule has 66 valence electrons. The fourth-order valence-corrected chi connectivity index (χ4v) is 0.993. The highest BCUT2D eigenvalue weighted by Crippen LogP contribution is 1.89. The van der Waals surface area contributed by atoms with Gasteiger partial charge in [0.05, 0.1) is 12.4 Å². The molecule has 11 heavy (non-hydrogen) atoms. The van der Waals surface area contributed by atoms with Gasteiger partial charge in [-0.2, -0.15) is 8.42 Å². The van der Waals surface area contributed by atoms with Crippen LogP contribution in [0.4, 0.5) is 0 Å². The predicted octanol–water partition coefficient (Wildman–Crippen LogP) is 0.467. The van der Waals surface area contributed by atoms with Gasteiger partial charge >= 0.3 is 0 Å². The number of hydrogen-bond donors (Lipinski definition) is 1. The SMILES string of the molecule is C=CCOCCCS(=O)(=O)O. The van der Waals surface area contributed by atoms with Gasteiger partial charge in [0.1, 0.15) is 0 Å². The molecule has 0 saturated heterocycles. The lowest BCUT2D eigenvalue weighted by Crippen LogP contribution is -2.07. The minimum Gasteiger partial charge on any atom is -0.377 e. The Kier molecular flexibility index (Phi) is 5.10. The Bertz CT molecular complexity index is 195. The summed E-state index contributed by atoms with van der Waals surface area (Å²) in [7, 11) is -3.82. The zero-order valence-electron chi connectivity index (χ0n) is 6.19. The summed E-state index contributed by atoms with van der Waals surface area (Å²) in [5, 5.41) is 0. The van der Waals surface area contributed by atoms with E-state index in [1.807, 2.05) is 0 Å². The third-order valence-electron chi connectivity index (χ3n) is 0.927. The highest BCUT2D eigenvalue weighted by Gasteiger charge is 2.02. The summed E-state index contributed by atoms with van der Waals surface area (Å²) in [5.74, 6) is -0.246. The number of hydrogen-bond acceptors (Lipinski definition) is 3. The molecule has 4 nitrogen and oxygen atoms in total. The topological polar surface area (TPSA) is 63.6 Å². The van der Waals surface area contributed by atoms with Gasteiger partial charge in [-0.15, -0.1) is 6.58 Å². The highest BCUT2D eigenvalue weighted by atomic mass is 32.2. The molecule has 0 aromatic carbocycles. The number of rotatable bonds is 6. The Labute approximate surface area is 66.6 Å². The highest BCUT2D eigenvalue weighted by molar-refractivity contribution is 7.85. The molecule has 0 fully saturated rings. The van der Waals surface area contributed by atoms with Crippen molar-refractivity contribution >= 4 is 10.1 Å². The summed E-state index contributed by atoms with van der Waals surface area (Å²) in [5.41, 5.74) is 0. The second-order valence-electron chi connectivity index (χ2n) is 2.00. The van der Waals surface area contributed by atoms with Crippen LogP contribution in [0.2, 0.25) is 0 Å². The second-order valence-corrected chi connectivity index (χ2v) is 3.58. The largest absolute Gasteiger partial charge is 0.377 e. The van der Waals surface area contributed by atoms with E-state index in [4.69, 9.17) is 9.29 Å². The molecule has 0 rings (SSSR count). The van der Waals surface area contributed by atoms with Gasteiger partial charge in [-0.3, -0.25) is 4.55 Å². The average Bonchev–Trinajstić information content (AvgIpc) is 1.85. The van der Waals surface area contributed by atoms with Gasteiger partial charge in [0.25, 0.3) is 10.1 Å². The smallest absolute Gasteiger partial charge is 0.264 e. The Morgan fingerprint density at radius 1 is 1.55 bits per heavy atom. The molecular weight excluding hydrogens is 168 g/mol. The van der Waals surface area contributed by atoms with Crippen LogP contribution in [0.15, 0.2) is 12.7 Å². The minimum atomic E-state index is -3.82. The van der Waals surface area contributed by atoms with Crippen LogP contribution < -0.4 is 0 Å². The summed E-state index contributed by atoms with van der Waals surface area (Å²) < 4.78 is 33.4. The molecule has 1 N–H and O–H groups in total. The van der Waals surface area contributed by atoms with Crippen LogP contribution in [0.5, 0.6) is 0 Å². The van der Waals surface area contributed by atoms with Crippen molar-refractivity contribution < 1.29 is 17.7 Å². The molecule has 0 aliphatic heterocycles. The van der Waals surface area contributed by atoms with Crippen LogP contribution in [0.3, 0.4) is 0 Å². The maximum absolute atomic E-state index is 10.1. The molecule has 0 atom stereocenters. The van der Waals surface area contributed by atoms with Crippen LogP contribution in [0.1, 0.15) is 6.42 Å². The molecule has 0 spiro atoms. The maximum Gasteiger partial charge on any atom is 0.264 e. The first-order chi connectivity index (χ1) is 5.06. The first-order valence-electron chi connectivity index (χ1n) is 3.20. The molecule has 0 amide bonds. The van der Waals surface area contributed by atoms with E-state index >= 15 is 0 Å². The normalized spacial score (nSPS) is 11.4. The Morgan fingerprint density at radius 2 is 2.18 bits per heavy atom. The van der Waals surface area contributed by atoms with E-state index in [0.29, 0.717) is 19.6 Å². The molecule has 0 aromatic heterocycles. The molecule has 0 aromatic rings. The molecule has 0 aliphatic rings. The van der Waals surface area contributed by atoms with Crippen LogP contribution >= 0.6 is 0 Å². The Balaban J connectivity index is 3.22. The number of ether oxygens (including phenoxy) is 1. The molecule has 0 aliphatic carbocycles. The predicted molar refractivity (Wildman–Crippen MR) is 42.0 cm³/mol. The van der Waals surface area contributed by atoms with Crippen LogP contribution in [0.25, 0.3) is 0 Å². The second kappa shape index (κ2) is 5.29. The van der Waals surface area contributed by atoms with Crippen LogP contribution in [0, 0.1) is 0 Å². The van der Waals surface area contributed by atoms with E-state index in [9.17, 15) is 8.42 Å². The molecule has 0 unspecified atom stereocenters. The third kappa shape index (κ3) is 9.61. The fraction of sp³-hybridized carbons (Fsp3) is 0.667. The average molecular weight is 180 g/mol. The van der Waals surface area contributed by atoms with Crippen LogP contribution in [-0.2, 0) is 14.9 Å². The standard InChI is InChI=1S/C6H12O4S/c1-2-4-10-5-3-6-11(7,8)9/h2H,1,3-6H2,(H,7,8,9). The molecule has 0 radical (unpaired) electrons. The van der Waals surface area contributed by atoms with Crippen LogP contribution in [-0.4, -0.2) is 31.9 Å². The zero-order chi connectivity index (χ0) is 8.74. The quantitative estimate of drug-likeness (QED) is 0.366. The third-order valence-corrected chi connectivity index (χ3v) is 1.73. The molecule has 0 heterocycles. The van der Waals surface area contributed by atoms with Crippen molar-refractivity contribution in [2.45, 2.75) is 6.42 Å². The van der Waals surface area contributed by atoms with Gasteiger partial charge in [0.15, 0.2) is 0 Å². The summed E-state index contributed by atoms with van der Waals surface area (Å²) in [6.45, 7) is 4.15. The fourth-order valence-electron chi connectivity index (χ4n) is 0.510. The summed E-state index contributed by atoms with van der Waals surface area (Å²) in [6.07, 6.45) is 1.89. The van der Waals surface area contributed by atoms with E-state index in [1.165, 1.54) is 0 Å². The monoisotopic (exact) mass is 180 g/mol. The first kappa shape index (κ1) is 10.6. The maximum atomic E-state index is 10.1. The van der Waals surface area contributed by atoms with Gasteiger partial charge in [0, 0.05) is 6.61 Å². The van der Waals surface area contributed by atoms with E-state index in [-0.39, 0.29) is 5.75 Å². The molecular formula is C6H12O4S. The van der Waals surface area contributed by atoms with E-state index in [1.54, 1.807) is 6.08 Å². The van der Waals surface area contributed by atoms with Crippen molar-refractivity contribution in [2.75, 3.05) is 19.0 Å². The summed E-state index contributed by atoms with van der Waals surface area (Å²) in [6, 6.07) is 0. The lowest BCUT2D eigenvalue weighted by atomic mass is 10.5. The van der Waals surface area contributed by atoms with Gasteiger partial charge in [-0.05, 0) is 6.42 Å².